The van der Waals surface area contributed by atoms with Crippen molar-refractivity contribution >= 4 is 27.3 Å². The average Bonchev–Trinajstić information content (AvgIpc) is 3.09. The first-order chi connectivity index (χ1) is 11.0. The predicted octanol–water partition coefficient (Wildman–Crippen LogP) is 1.23. The van der Waals surface area contributed by atoms with E-state index in [1.54, 1.807) is 23.6 Å². The number of nitriles is 1. The van der Waals surface area contributed by atoms with Crippen LogP contribution >= 0.6 is 11.3 Å². The molecule has 0 unspecified atom stereocenters. The minimum atomic E-state index is -3.41. The lowest BCUT2D eigenvalue weighted by atomic mass is 10.3. The Hall–Kier alpha value is -2.02. The van der Waals surface area contributed by atoms with Crippen LogP contribution in [0.4, 0.5) is 5.95 Å². The predicted molar refractivity (Wildman–Crippen MR) is 86.8 cm³/mol. The van der Waals surface area contributed by atoms with Crippen molar-refractivity contribution in [2.24, 2.45) is 0 Å². The molecule has 0 aliphatic carbocycles. The molecular formula is C14H15N5O2S2. The SMILES string of the molecule is Cc1cc(C#N)nc(N2CCN(S(=O)(=O)c3cccs3)CC2)n1. The van der Waals surface area contributed by atoms with Crippen molar-refractivity contribution in [2.45, 2.75) is 11.1 Å². The summed E-state index contributed by atoms with van der Waals surface area (Å²) in [5.74, 6) is 0.481. The number of thiophene rings is 1. The highest BCUT2D eigenvalue weighted by molar-refractivity contribution is 7.91. The van der Waals surface area contributed by atoms with E-state index in [1.165, 1.54) is 15.6 Å². The zero-order valence-corrected chi connectivity index (χ0v) is 14.1. The Morgan fingerprint density at radius 3 is 2.61 bits per heavy atom. The smallest absolute Gasteiger partial charge is 0.252 e. The van der Waals surface area contributed by atoms with Gasteiger partial charge in [-0.2, -0.15) is 9.57 Å². The molecule has 120 valence electrons. The van der Waals surface area contributed by atoms with E-state index in [4.69, 9.17) is 5.26 Å². The highest BCUT2D eigenvalue weighted by Gasteiger charge is 2.30. The van der Waals surface area contributed by atoms with E-state index in [1.807, 2.05) is 17.9 Å². The van der Waals surface area contributed by atoms with Crippen LogP contribution in [0.2, 0.25) is 0 Å². The minimum absolute atomic E-state index is 0.320. The molecule has 1 aliphatic rings. The largest absolute Gasteiger partial charge is 0.338 e. The van der Waals surface area contributed by atoms with Gasteiger partial charge in [-0.25, -0.2) is 18.4 Å². The molecule has 0 bridgehead atoms. The molecule has 2 aromatic heterocycles. The third-order valence-corrected chi connectivity index (χ3v) is 6.84. The summed E-state index contributed by atoms with van der Waals surface area (Å²) < 4.78 is 26.8. The number of piperazine rings is 1. The molecule has 0 spiro atoms. The van der Waals surface area contributed by atoms with E-state index >= 15 is 0 Å². The molecule has 0 saturated carbocycles. The van der Waals surface area contributed by atoms with Gasteiger partial charge in [-0.15, -0.1) is 11.3 Å². The van der Waals surface area contributed by atoms with Gasteiger partial charge in [-0.1, -0.05) is 6.07 Å². The summed E-state index contributed by atoms with van der Waals surface area (Å²) in [6.45, 7) is 3.56. The zero-order chi connectivity index (χ0) is 16.4. The lowest BCUT2D eigenvalue weighted by Crippen LogP contribution is -2.49. The van der Waals surface area contributed by atoms with Crippen LogP contribution in [0, 0.1) is 18.3 Å². The maximum atomic E-state index is 12.5. The maximum absolute atomic E-state index is 12.5. The summed E-state index contributed by atoms with van der Waals surface area (Å²) in [4.78, 5) is 10.5. The molecule has 0 aromatic carbocycles. The lowest BCUT2D eigenvalue weighted by Gasteiger charge is -2.33. The van der Waals surface area contributed by atoms with Gasteiger partial charge >= 0.3 is 0 Å². The molecule has 3 rings (SSSR count). The standard InChI is InChI=1S/C14H15N5O2S2/c1-11-9-12(10-15)17-14(16-11)18-4-6-19(7-5-18)23(20,21)13-3-2-8-22-13/h2-3,8-9H,4-7H2,1H3. The molecule has 1 aliphatic heterocycles. The summed E-state index contributed by atoms with van der Waals surface area (Å²) >= 11 is 1.22. The summed E-state index contributed by atoms with van der Waals surface area (Å²) in [5, 5.41) is 10.8. The van der Waals surface area contributed by atoms with Crippen molar-refractivity contribution < 1.29 is 8.42 Å². The molecule has 0 N–H and O–H groups in total. The van der Waals surface area contributed by atoms with E-state index in [9.17, 15) is 8.42 Å². The minimum Gasteiger partial charge on any atom is -0.338 e. The molecule has 9 heteroatoms. The van der Waals surface area contributed by atoms with Crippen LogP contribution in [0.25, 0.3) is 0 Å². The van der Waals surface area contributed by atoms with Crippen LogP contribution in [0.5, 0.6) is 0 Å². The number of sulfonamides is 1. The number of nitrogens with zero attached hydrogens (tertiary/aromatic N) is 5. The molecule has 23 heavy (non-hydrogen) atoms. The molecule has 0 atom stereocenters. The first kappa shape index (κ1) is 15.9. The average molecular weight is 349 g/mol. The number of hydrogen-bond acceptors (Lipinski definition) is 7. The number of hydrogen-bond donors (Lipinski definition) is 0. The number of aromatic nitrogens is 2. The first-order valence-electron chi connectivity index (χ1n) is 7.05. The lowest BCUT2D eigenvalue weighted by molar-refractivity contribution is 0.383. The summed E-state index contributed by atoms with van der Waals surface area (Å²) in [6.07, 6.45) is 0. The molecule has 0 radical (unpaired) electrons. The fourth-order valence-corrected chi connectivity index (χ4v) is 4.98. The Kier molecular flexibility index (Phi) is 4.30. The zero-order valence-electron chi connectivity index (χ0n) is 12.5. The summed E-state index contributed by atoms with van der Waals surface area (Å²) in [6, 6.07) is 7.00. The van der Waals surface area contributed by atoms with Gasteiger partial charge in [0.15, 0.2) is 0 Å². The highest BCUT2D eigenvalue weighted by Crippen LogP contribution is 2.23. The Balaban J connectivity index is 1.74. The second-order valence-electron chi connectivity index (χ2n) is 5.13. The van der Waals surface area contributed by atoms with Gasteiger partial charge in [0, 0.05) is 31.9 Å². The molecule has 1 fully saturated rings. The van der Waals surface area contributed by atoms with Crippen molar-refractivity contribution in [3.8, 4) is 6.07 Å². The number of aryl methyl sites for hydroxylation is 1. The van der Waals surface area contributed by atoms with E-state index in [-0.39, 0.29) is 0 Å². The van der Waals surface area contributed by atoms with Crippen molar-refractivity contribution in [3.05, 3.63) is 35.0 Å². The van der Waals surface area contributed by atoms with Gasteiger partial charge in [0.05, 0.1) is 0 Å². The van der Waals surface area contributed by atoms with Crippen LogP contribution in [0.1, 0.15) is 11.4 Å². The normalized spacial score (nSPS) is 16.3. The third kappa shape index (κ3) is 3.19. The van der Waals surface area contributed by atoms with Gasteiger partial charge in [-0.05, 0) is 24.4 Å². The van der Waals surface area contributed by atoms with Crippen LogP contribution in [-0.4, -0.2) is 48.9 Å². The van der Waals surface area contributed by atoms with Crippen molar-refractivity contribution in [1.29, 1.82) is 5.26 Å². The number of anilines is 1. The van der Waals surface area contributed by atoms with Gasteiger partial charge in [0.1, 0.15) is 16.0 Å². The Morgan fingerprint density at radius 1 is 1.26 bits per heavy atom. The molecule has 7 nitrogen and oxygen atoms in total. The van der Waals surface area contributed by atoms with Crippen LogP contribution in [0.15, 0.2) is 27.8 Å². The molecule has 1 saturated heterocycles. The fourth-order valence-electron chi connectivity index (χ4n) is 2.42. The van der Waals surface area contributed by atoms with Gasteiger partial charge in [0.25, 0.3) is 10.0 Å². The maximum Gasteiger partial charge on any atom is 0.252 e. The second-order valence-corrected chi connectivity index (χ2v) is 8.24. The van der Waals surface area contributed by atoms with Crippen molar-refractivity contribution in [1.82, 2.24) is 14.3 Å². The second kappa shape index (κ2) is 6.23. The molecule has 0 amide bonds. The summed E-state index contributed by atoms with van der Waals surface area (Å²) in [5.41, 5.74) is 1.04. The molecule has 2 aromatic rings. The first-order valence-corrected chi connectivity index (χ1v) is 9.37. The fraction of sp³-hybridized carbons (Fsp3) is 0.357. The van der Waals surface area contributed by atoms with Gasteiger partial charge in [-0.3, -0.25) is 0 Å². The van der Waals surface area contributed by atoms with Crippen LogP contribution in [0.3, 0.4) is 0 Å². The Labute approximate surface area is 138 Å². The number of rotatable bonds is 3. The Bertz CT molecular complexity index is 835. The van der Waals surface area contributed by atoms with E-state index < -0.39 is 10.0 Å². The van der Waals surface area contributed by atoms with Gasteiger partial charge in [0.2, 0.25) is 5.95 Å². The highest BCUT2D eigenvalue weighted by atomic mass is 32.2. The van der Waals surface area contributed by atoms with E-state index in [0.717, 1.165) is 5.69 Å². The topological polar surface area (TPSA) is 90.2 Å². The van der Waals surface area contributed by atoms with E-state index in [2.05, 4.69) is 9.97 Å². The molecule has 3 heterocycles. The quantitative estimate of drug-likeness (QED) is 0.828. The third-order valence-electron chi connectivity index (χ3n) is 3.57. The molecular weight excluding hydrogens is 334 g/mol. The van der Waals surface area contributed by atoms with E-state index in [0.29, 0.717) is 42.0 Å². The van der Waals surface area contributed by atoms with Crippen molar-refractivity contribution in [2.75, 3.05) is 31.1 Å². The van der Waals surface area contributed by atoms with Crippen LogP contribution in [-0.2, 0) is 10.0 Å². The van der Waals surface area contributed by atoms with Gasteiger partial charge < -0.3 is 4.90 Å². The van der Waals surface area contributed by atoms with Crippen molar-refractivity contribution in [3.63, 3.8) is 0 Å². The Morgan fingerprint density at radius 2 is 2.00 bits per heavy atom. The monoisotopic (exact) mass is 349 g/mol. The van der Waals surface area contributed by atoms with Crippen LogP contribution < -0.4 is 4.90 Å². The summed E-state index contributed by atoms with van der Waals surface area (Å²) in [7, 11) is -3.41.